The lowest BCUT2D eigenvalue weighted by molar-refractivity contribution is -0.166. The second-order valence-corrected chi connectivity index (χ2v) is 13.6. The van der Waals surface area contributed by atoms with Crippen molar-refractivity contribution >= 4 is 11.9 Å². The molecule has 5 aliphatic carbocycles. The number of methoxy groups -OCH3 is 1. The van der Waals surface area contributed by atoms with Crippen molar-refractivity contribution in [2.75, 3.05) is 13.7 Å². The van der Waals surface area contributed by atoms with Gasteiger partial charge in [0.1, 0.15) is 6.61 Å². The molecule has 0 aromatic rings. The van der Waals surface area contributed by atoms with Gasteiger partial charge in [0.2, 0.25) is 5.78 Å². The van der Waals surface area contributed by atoms with Crippen LogP contribution >= 0.6 is 0 Å². The summed E-state index contributed by atoms with van der Waals surface area (Å²) in [5.41, 5.74) is 4.31. The Balaban J connectivity index is 1.55. The third-order valence-electron chi connectivity index (χ3n) is 11.7. The summed E-state index contributed by atoms with van der Waals surface area (Å²) in [6.07, 6.45) is 13.2. The molecule has 3 saturated carbocycles. The first-order valence-corrected chi connectivity index (χ1v) is 13.5. The zero-order chi connectivity index (χ0) is 26.3. The van der Waals surface area contributed by atoms with Gasteiger partial charge in [-0.05, 0) is 91.3 Å². The molecule has 0 radical (unpaired) electrons. The summed E-state index contributed by atoms with van der Waals surface area (Å²) in [5, 5.41) is 10.3. The summed E-state index contributed by atoms with van der Waals surface area (Å²) in [6.45, 7) is 14.3. The summed E-state index contributed by atoms with van der Waals surface area (Å²) in [4.78, 5) is 24.4. The zero-order valence-corrected chi connectivity index (χ0v) is 23.0. The maximum absolute atomic E-state index is 12.7. The highest BCUT2D eigenvalue weighted by Crippen LogP contribution is 2.75. The molecule has 0 amide bonds. The topological polar surface area (TPSA) is 72.8 Å². The molecule has 5 rings (SSSR count). The van der Waals surface area contributed by atoms with E-state index in [0.717, 1.165) is 49.7 Å². The van der Waals surface area contributed by atoms with E-state index in [1.54, 1.807) is 6.08 Å². The van der Waals surface area contributed by atoms with E-state index in [1.165, 1.54) is 19.1 Å². The van der Waals surface area contributed by atoms with E-state index in [-0.39, 0.29) is 38.6 Å². The molecule has 196 valence electrons. The predicted molar refractivity (Wildman–Crippen MR) is 139 cm³/mol. The summed E-state index contributed by atoms with van der Waals surface area (Å²) in [7, 11) is 1.36. The van der Waals surface area contributed by atoms with Crippen LogP contribution in [0.5, 0.6) is 0 Å². The Morgan fingerprint density at radius 3 is 2.42 bits per heavy atom. The molecule has 0 aromatic heterocycles. The maximum atomic E-state index is 12.7. The SMILES string of the molecule is COC(=O)OC[C@]1(C)CC[C@]2(C)CC[C@]3(C)C4=CC=C5C(=CC(=O)C(O)=C5C)[C@]4(C)CC[C@@]3(C)[C@@H]2C1. The number of ketones is 1. The first-order valence-electron chi connectivity index (χ1n) is 13.5. The Bertz CT molecular complexity index is 1160. The van der Waals surface area contributed by atoms with Crippen molar-refractivity contribution in [3.8, 4) is 0 Å². The molecular weight excluding hydrogens is 452 g/mol. The fraction of sp³-hybridized carbons (Fsp3) is 0.677. The number of aliphatic hydroxyl groups excluding tert-OH is 1. The molecule has 0 saturated heterocycles. The number of aliphatic hydroxyl groups is 1. The highest BCUT2D eigenvalue weighted by atomic mass is 16.7. The monoisotopic (exact) mass is 494 g/mol. The Kier molecular flexibility index (Phi) is 5.53. The van der Waals surface area contributed by atoms with Crippen molar-refractivity contribution < 1.29 is 24.2 Å². The van der Waals surface area contributed by atoms with E-state index in [0.29, 0.717) is 18.1 Å². The smallest absolute Gasteiger partial charge is 0.504 e. The van der Waals surface area contributed by atoms with Crippen LogP contribution in [0.25, 0.3) is 0 Å². The molecule has 6 atom stereocenters. The third kappa shape index (κ3) is 3.26. The number of hydrogen-bond acceptors (Lipinski definition) is 5. The summed E-state index contributed by atoms with van der Waals surface area (Å²) >= 11 is 0. The number of rotatable bonds is 2. The third-order valence-corrected chi connectivity index (χ3v) is 11.7. The van der Waals surface area contributed by atoms with Gasteiger partial charge >= 0.3 is 6.16 Å². The van der Waals surface area contributed by atoms with E-state index in [4.69, 9.17) is 9.47 Å². The quantitative estimate of drug-likeness (QED) is 0.405. The molecule has 0 bridgehead atoms. The van der Waals surface area contributed by atoms with Crippen LogP contribution in [0.2, 0.25) is 0 Å². The second-order valence-electron chi connectivity index (χ2n) is 13.6. The Labute approximate surface area is 215 Å². The van der Waals surface area contributed by atoms with Gasteiger partial charge in [0.25, 0.3) is 0 Å². The average molecular weight is 495 g/mol. The number of fused-ring (bicyclic) bond motifs is 7. The molecule has 0 heterocycles. The van der Waals surface area contributed by atoms with Crippen LogP contribution in [-0.2, 0) is 14.3 Å². The molecule has 0 aromatic carbocycles. The minimum absolute atomic E-state index is 0.00530. The Morgan fingerprint density at radius 1 is 1.03 bits per heavy atom. The number of ether oxygens (including phenoxy) is 2. The lowest BCUT2D eigenvalue weighted by Crippen LogP contribution is -2.62. The van der Waals surface area contributed by atoms with E-state index < -0.39 is 6.16 Å². The van der Waals surface area contributed by atoms with Gasteiger partial charge in [-0.25, -0.2) is 4.79 Å². The molecule has 5 aliphatic rings. The van der Waals surface area contributed by atoms with Gasteiger partial charge in [-0.3, -0.25) is 4.79 Å². The van der Waals surface area contributed by atoms with Gasteiger partial charge < -0.3 is 14.6 Å². The van der Waals surface area contributed by atoms with E-state index in [2.05, 4.69) is 46.8 Å². The van der Waals surface area contributed by atoms with Crippen LogP contribution in [0.4, 0.5) is 4.79 Å². The first-order chi connectivity index (χ1) is 16.7. The average Bonchev–Trinajstić information content (AvgIpc) is 2.84. The van der Waals surface area contributed by atoms with Gasteiger partial charge in [-0.15, -0.1) is 0 Å². The van der Waals surface area contributed by atoms with E-state index in [1.807, 2.05) is 6.92 Å². The van der Waals surface area contributed by atoms with Crippen molar-refractivity contribution in [2.45, 2.75) is 86.5 Å². The highest BCUT2D eigenvalue weighted by Gasteiger charge is 2.66. The van der Waals surface area contributed by atoms with Crippen LogP contribution in [0.15, 0.2) is 46.3 Å². The van der Waals surface area contributed by atoms with Crippen LogP contribution in [0, 0.1) is 33.0 Å². The fourth-order valence-electron chi connectivity index (χ4n) is 8.95. The van der Waals surface area contributed by atoms with Crippen molar-refractivity contribution in [1.29, 1.82) is 0 Å². The van der Waals surface area contributed by atoms with Crippen molar-refractivity contribution in [3.63, 3.8) is 0 Å². The van der Waals surface area contributed by atoms with Crippen LogP contribution in [0.1, 0.15) is 86.5 Å². The molecule has 5 heteroatoms. The van der Waals surface area contributed by atoms with Crippen molar-refractivity contribution in [2.24, 2.45) is 33.0 Å². The highest BCUT2D eigenvalue weighted by molar-refractivity contribution is 6.06. The molecule has 0 aliphatic heterocycles. The van der Waals surface area contributed by atoms with Gasteiger partial charge in [0.05, 0.1) is 7.11 Å². The van der Waals surface area contributed by atoms with E-state index in [9.17, 15) is 14.7 Å². The van der Waals surface area contributed by atoms with Gasteiger partial charge in [0, 0.05) is 16.4 Å². The molecule has 1 N–H and O–H groups in total. The van der Waals surface area contributed by atoms with Crippen molar-refractivity contribution in [1.82, 2.24) is 0 Å². The first kappa shape index (κ1) is 25.4. The Hall–Kier alpha value is -2.30. The van der Waals surface area contributed by atoms with Crippen LogP contribution in [-0.4, -0.2) is 30.8 Å². The van der Waals surface area contributed by atoms with Gasteiger partial charge in [0.15, 0.2) is 5.76 Å². The second kappa shape index (κ2) is 7.85. The number of carbonyl (C=O) groups excluding carboxylic acids is 2. The summed E-state index contributed by atoms with van der Waals surface area (Å²) in [6, 6.07) is 0. The predicted octanol–water partition coefficient (Wildman–Crippen LogP) is 7.40. The number of allylic oxidation sites excluding steroid dienone is 7. The normalized spacial score (nSPS) is 43.7. The fourth-order valence-corrected chi connectivity index (χ4v) is 8.95. The van der Waals surface area contributed by atoms with Crippen LogP contribution in [0.3, 0.4) is 0 Å². The maximum Gasteiger partial charge on any atom is 0.507 e. The van der Waals surface area contributed by atoms with Crippen LogP contribution < -0.4 is 0 Å². The largest absolute Gasteiger partial charge is 0.507 e. The molecule has 36 heavy (non-hydrogen) atoms. The molecule has 0 spiro atoms. The zero-order valence-electron chi connectivity index (χ0n) is 23.0. The molecule has 0 unspecified atom stereocenters. The number of carbonyl (C=O) groups is 2. The lowest BCUT2D eigenvalue weighted by atomic mass is 9.34. The Morgan fingerprint density at radius 2 is 1.72 bits per heavy atom. The standard InChI is InChI=1S/C31H42O5/c1-19-20-8-9-23-29(4,21(20)16-22(32)25(19)33)13-15-31(6)24-17-27(2,18-36-26(34)35-7)10-11-28(24,3)12-14-30(23,31)5/h8-9,16,24,33H,10-15,17-18H2,1-7H3/t24-,27-,28-,29+,30-,31+/m1/s1. The summed E-state index contributed by atoms with van der Waals surface area (Å²) < 4.78 is 10.2. The lowest BCUT2D eigenvalue weighted by Gasteiger charge is -2.70. The van der Waals surface area contributed by atoms with Gasteiger partial charge in [-0.2, -0.15) is 0 Å². The molecule has 3 fully saturated rings. The van der Waals surface area contributed by atoms with Gasteiger partial charge in [-0.1, -0.05) is 52.3 Å². The molecular formula is C31H42O5. The minimum atomic E-state index is -0.599. The minimum Gasteiger partial charge on any atom is -0.504 e. The number of hydrogen-bond donors (Lipinski definition) is 1. The van der Waals surface area contributed by atoms with E-state index >= 15 is 0 Å². The molecule has 5 nitrogen and oxygen atoms in total. The van der Waals surface area contributed by atoms with Crippen molar-refractivity contribution in [3.05, 3.63) is 46.3 Å². The summed E-state index contributed by atoms with van der Waals surface area (Å²) in [5.74, 6) is 0.110.